The zero-order valence-corrected chi connectivity index (χ0v) is 11.0. The Morgan fingerprint density at radius 3 is 2.53 bits per heavy atom. The summed E-state index contributed by atoms with van der Waals surface area (Å²) >= 11 is 7.46. The highest BCUT2D eigenvalue weighted by atomic mass is 35.5. The number of methoxy groups -OCH3 is 1. The third-order valence-corrected chi connectivity index (χ3v) is 3.91. The number of ether oxygens (including phenoxy) is 1. The van der Waals surface area contributed by atoms with E-state index in [0.717, 1.165) is 16.0 Å². The number of halogens is 1. The SMILES string of the molecule is COCc1ccc(C(O)c2sccc2Cl)cc1. The van der Waals surface area contributed by atoms with Crippen molar-refractivity contribution in [3.8, 4) is 0 Å². The van der Waals surface area contributed by atoms with Crippen molar-refractivity contribution >= 4 is 22.9 Å². The van der Waals surface area contributed by atoms with Crippen LogP contribution >= 0.6 is 22.9 Å². The lowest BCUT2D eigenvalue weighted by Gasteiger charge is -2.10. The van der Waals surface area contributed by atoms with E-state index in [0.29, 0.717) is 11.6 Å². The van der Waals surface area contributed by atoms with Gasteiger partial charge in [0.25, 0.3) is 0 Å². The Morgan fingerprint density at radius 1 is 1.29 bits per heavy atom. The summed E-state index contributed by atoms with van der Waals surface area (Å²) in [7, 11) is 1.66. The number of aliphatic hydroxyl groups excluding tert-OH is 1. The van der Waals surface area contributed by atoms with Gasteiger partial charge in [0.05, 0.1) is 16.5 Å². The molecule has 0 bridgehead atoms. The van der Waals surface area contributed by atoms with Gasteiger partial charge in [0.15, 0.2) is 0 Å². The molecular weight excluding hydrogens is 256 g/mol. The van der Waals surface area contributed by atoms with Crippen molar-refractivity contribution in [1.29, 1.82) is 0 Å². The normalized spacial score (nSPS) is 12.6. The van der Waals surface area contributed by atoms with Gasteiger partial charge in [-0.25, -0.2) is 0 Å². The standard InChI is InChI=1S/C13H13ClO2S/c1-16-8-9-2-4-10(5-3-9)12(15)13-11(14)6-7-17-13/h2-7,12,15H,8H2,1H3. The summed E-state index contributed by atoms with van der Waals surface area (Å²) in [6.45, 7) is 0.579. The summed E-state index contributed by atoms with van der Waals surface area (Å²) in [5.41, 5.74) is 1.93. The maximum Gasteiger partial charge on any atom is 0.115 e. The molecule has 1 heterocycles. The summed E-state index contributed by atoms with van der Waals surface area (Å²) in [5.74, 6) is 0. The molecule has 2 rings (SSSR count). The summed E-state index contributed by atoms with van der Waals surface area (Å²) in [6.07, 6.45) is -0.654. The Kier molecular flexibility index (Phi) is 4.18. The van der Waals surface area contributed by atoms with Crippen LogP contribution in [0.2, 0.25) is 5.02 Å². The fourth-order valence-corrected chi connectivity index (χ4v) is 2.79. The van der Waals surface area contributed by atoms with Crippen molar-refractivity contribution in [2.24, 2.45) is 0 Å². The van der Waals surface area contributed by atoms with Crippen molar-refractivity contribution in [2.75, 3.05) is 7.11 Å². The average Bonchev–Trinajstić information content (AvgIpc) is 2.76. The molecular formula is C13H13ClO2S. The van der Waals surface area contributed by atoms with Crippen LogP contribution in [0.4, 0.5) is 0 Å². The second kappa shape index (κ2) is 5.65. The van der Waals surface area contributed by atoms with Gasteiger partial charge in [0.1, 0.15) is 6.10 Å². The van der Waals surface area contributed by atoms with Gasteiger partial charge in [-0.3, -0.25) is 0 Å². The van der Waals surface area contributed by atoms with Crippen molar-refractivity contribution in [3.05, 3.63) is 56.7 Å². The number of thiophene rings is 1. The first-order valence-electron chi connectivity index (χ1n) is 5.21. The number of hydrogen-bond acceptors (Lipinski definition) is 3. The molecule has 0 saturated heterocycles. The molecule has 4 heteroatoms. The molecule has 1 N–H and O–H groups in total. The Balaban J connectivity index is 2.20. The molecule has 1 aromatic carbocycles. The van der Waals surface area contributed by atoms with E-state index in [1.54, 1.807) is 13.2 Å². The van der Waals surface area contributed by atoms with Crippen molar-refractivity contribution in [3.63, 3.8) is 0 Å². The lowest BCUT2D eigenvalue weighted by Crippen LogP contribution is -1.98. The molecule has 0 fully saturated rings. The average molecular weight is 269 g/mol. The molecule has 0 aliphatic rings. The molecule has 1 atom stereocenters. The Morgan fingerprint density at radius 2 is 2.00 bits per heavy atom. The number of rotatable bonds is 4. The van der Waals surface area contributed by atoms with Gasteiger partial charge in [0, 0.05) is 7.11 Å². The van der Waals surface area contributed by atoms with Gasteiger partial charge in [-0.1, -0.05) is 35.9 Å². The molecule has 0 aliphatic carbocycles. The van der Waals surface area contributed by atoms with E-state index in [4.69, 9.17) is 16.3 Å². The van der Waals surface area contributed by atoms with Crippen LogP contribution in [0.25, 0.3) is 0 Å². The lowest BCUT2D eigenvalue weighted by atomic mass is 10.1. The fraction of sp³-hybridized carbons (Fsp3) is 0.231. The summed E-state index contributed by atoms with van der Waals surface area (Å²) in [5, 5.41) is 12.7. The van der Waals surface area contributed by atoms with Gasteiger partial charge in [-0.15, -0.1) is 11.3 Å². The van der Waals surface area contributed by atoms with Crippen LogP contribution in [-0.4, -0.2) is 12.2 Å². The molecule has 2 aromatic rings. The molecule has 0 spiro atoms. The maximum atomic E-state index is 10.2. The second-order valence-corrected chi connectivity index (χ2v) is 5.06. The Bertz CT molecular complexity index is 478. The van der Waals surface area contributed by atoms with Crippen LogP contribution in [0.15, 0.2) is 35.7 Å². The molecule has 17 heavy (non-hydrogen) atoms. The highest BCUT2D eigenvalue weighted by molar-refractivity contribution is 7.10. The maximum absolute atomic E-state index is 10.2. The van der Waals surface area contributed by atoms with Crippen molar-refractivity contribution < 1.29 is 9.84 Å². The first-order valence-corrected chi connectivity index (χ1v) is 6.47. The molecule has 1 unspecified atom stereocenters. The van der Waals surface area contributed by atoms with E-state index in [1.165, 1.54) is 11.3 Å². The van der Waals surface area contributed by atoms with Gasteiger partial charge in [-0.2, -0.15) is 0 Å². The van der Waals surface area contributed by atoms with Gasteiger partial charge < -0.3 is 9.84 Å². The number of aliphatic hydroxyl groups is 1. The van der Waals surface area contributed by atoms with E-state index < -0.39 is 6.10 Å². The molecule has 0 radical (unpaired) electrons. The third kappa shape index (κ3) is 2.87. The summed E-state index contributed by atoms with van der Waals surface area (Å²) in [4.78, 5) is 0.783. The van der Waals surface area contributed by atoms with Crippen LogP contribution < -0.4 is 0 Å². The highest BCUT2D eigenvalue weighted by Crippen LogP contribution is 2.32. The highest BCUT2D eigenvalue weighted by Gasteiger charge is 2.14. The van der Waals surface area contributed by atoms with Gasteiger partial charge in [-0.05, 0) is 22.6 Å². The monoisotopic (exact) mass is 268 g/mol. The minimum atomic E-state index is -0.654. The third-order valence-electron chi connectivity index (χ3n) is 2.50. The first kappa shape index (κ1) is 12.6. The van der Waals surface area contributed by atoms with E-state index >= 15 is 0 Å². The van der Waals surface area contributed by atoms with Crippen LogP contribution in [-0.2, 0) is 11.3 Å². The number of hydrogen-bond donors (Lipinski definition) is 1. The largest absolute Gasteiger partial charge is 0.383 e. The Labute approximate surface area is 109 Å². The smallest absolute Gasteiger partial charge is 0.115 e. The first-order chi connectivity index (χ1) is 8.22. The summed E-state index contributed by atoms with van der Waals surface area (Å²) < 4.78 is 5.04. The molecule has 0 saturated carbocycles. The molecule has 0 aliphatic heterocycles. The van der Waals surface area contributed by atoms with Crippen LogP contribution in [0, 0.1) is 0 Å². The quantitative estimate of drug-likeness (QED) is 0.918. The van der Waals surface area contributed by atoms with Crippen molar-refractivity contribution in [2.45, 2.75) is 12.7 Å². The van der Waals surface area contributed by atoms with E-state index in [2.05, 4.69) is 0 Å². The molecule has 0 amide bonds. The predicted molar refractivity (Wildman–Crippen MR) is 70.5 cm³/mol. The van der Waals surface area contributed by atoms with Gasteiger partial charge in [0.2, 0.25) is 0 Å². The van der Waals surface area contributed by atoms with Crippen LogP contribution in [0.5, 0.6) is 0 Å². The predicted octanol–water partition coefficient (Wildman–Crippen LogP) is 3.63. The fourth-order valence-electron chi connectivity index (χ4n) is 1.61. The topological polar surface area (TPSA) is 29.5 Å². The zero-order valence-electron chi connectivity index (χ0n) is 9.39. The summed E-state index contributed by atoms with van der Waals surface area (Å²) in [6, 6.07) is 9.49. The minimum Gasteiger partial charge on any atom is -0.383 e. The van der Waals surface area contributed by atoms with E-state index in [1.807, 2.05) is 29.6 Å². The Hall–Kier alpha value is -0.870. The second-order valence-electron chi connectivity index (χ2n) is 3.71. The van der Waals surface area contributed by atoms with Gasteiger partial charge >= 0.3 is 0 Å². The molecule has 90 valence electrons. The van der Waals surface area contributed by atoms with Crippen molar-refractivity contribution in [1.82, 2.24) is 0 Å². The zero-order chi connectivity index (χ0) is 12.3. The number of benzene rings is 1. The van der Waals surface area contributed by atoms with Crippen LogP contribution in [0.3, 0.4) is 0 Å². The van der Waals surface area contributed by atoms with E-state index in [-0.39, 0.29) is 0 Å². The van der Waals surface area contributed by atoms with E-state index in [9.17, 15) is 5.11 Å². The lowest BCUT2D eigenvalue weighted by molar-refractivity contribution is 0.184. The molecule has 2 nitrogen and oxygen atoms in total. The van der Waals surface area contributed by atoms with Crippen LogP contribution in [0.1, 0.15) is 22.1 Å². The molecule has 1 aromatic heterocycles. The minimum absolute atomic E-state index is 0.579.